The molecule has 8 heteroatoms. The molecule has 3 rings (SSSR count). The number of halogens is 1. The van der Waals surface area contributed by atoms with E-state index in [0.29, 0.717) is 36.8 Å². The topological polar surface area (TPSA) is 79.3 Å². The monoisotopic (exact) mass is 498 g/mol. The van der Waals surface area contributed by atoms with Crippen LogP contribution in [-0.2, 0) is 9.59 Å². The molecule has 0 aliphatic carbocycles. The average molecular weight is 499 g/mol. The number of hydrogen-bond donors (Lipinski definition) is 1. The highest BCUT2D eigenvalue weighted by molar-refractivity contribution is 6.46. The molecule has 1 unspecified atom stereocenters. The van der Waals surface area contributed by atoms with Crippen LogP contribution >= 0.6 is 0 Å². The minimum atomic E-state index is -0.830. The van der Waals surface area contributed by atoms with E-state index >= 15 is 0 Å². The van der Waals surface area contributed by atoms with Gasteiger partial charge in [0.25, 0.3) is 11.7 Å². The van der Waals surface area contributed by atoms with Crippen molar-refractivity contribution in [3.05, 3.63) is 65.0 Å². The summed E-state index contributed by atoms with van der Waals surface area (Å²) in [5.74, 6) is -1.19. The second-order valence-electron chi connectivity index (χ2n) is 9.00. The minimum absolute atomic E-state index is 0.0376. The Kier molecular flexibility index (Phi) is 9.47. The van der Waals surface area contributed by atoms with Gasteiger partial charge in [0, 0.05) is 18.7 Å². The van der Waals surface area contributed by atoms with Gasteiger partial charge in [-0.25, -0.2) is 4.39 Å². The van der Waals surface area contributed by atoms with Crippen LogP contribution in [-0.4, -0.2) is 67.0 Å². The standard InChI is InChI=1S/C28H35FN2O5/c1-5-7-8-17-36-22-14-11-20(18-23(22)35-6-2)25-24(26(32)19-9-12-21(29)13-10-19)27(33)28(34)31(25)16-15-30(3)4/h9-14,18,25,32H,5-8,15-17H2,1-4H3/b26-24+. The molecular formula is C28H35FN2O5. The number of likely N-dealkylation sites (N-methyl/N-ethyl adjacent to an activating group) is 1. The Hall–Kier alpha value is -3.39. The van der Waals surface area contributed by atoms with Gasteiger partial charge in [-0.15, -0.1) is 0 Å². The third-order valence-electron chi connectivity index (χ3n) is 6.03. The van der Waals surface area contributed by atoms with E-state index in [2.05, 4.69) is 6.92 Å². The van der Waals surface area contributed by atoms with Gasteiger partial charge >= 0.3 is 0 Å². The van der Waals surface area contributed by atoms with E-state index in [0.717, 1.165) is 19.3 Å². The molecule has 7 nitrogen and oxygen atoms in total. The smallest absolute Gasteiger partial charge is 0.295 e. The lowest BCUT2D eigenvalue weighted by molar-refractivity contribution is -0.140. The third-order valence-corrected chi connectivity index (χ3v) is 6.03. The maximum absolute atomic E-state index is 13.5. The van der Waals surface area contributed by atoms with Crippen LogP contribution < -0.4 is 9.47 Å². The number of rotatable bonds is 12. The Labute approximate surface area is 212 Å². The van der Waals surface area contributed by atoms with Crippen molar-refractivity contribution >= 4 is 17.4 Å². The molecule has 0 bridgehead atoms. The van der Waals surface area contributed by atoms with Crippen molar-refractivity contribution in [2.24, 2.45) is 0 Å². The number of nitrogens with zero attached hydrogens (tertiary/aromatic N) is 2. The molecule has 36 heavy (non-hydrogen) atoms. The number of carbonyl (C=O) groups excluding carboxylic acids is 2. The lowest BCUT2D eigenvalue weighted by Crippen LogP contribution is -2.35. The number of aliphatic hydroxyl groups excluding tert-OH is 1. The lowest BCUT2D eigenvalue weighted by atomic mass is 9.95. The summed E-state index contributed by atoms with van der Waals surface area (Å²) in [5, 5.41) is 11.1. The number of unbranched alkanes of at least 4 members (excludes halogenated alkanes) is 2. The van der Waals surface area contributed by atoms with E-state index in [1.54, 1.807) is 18.2 Å². The van der Waals surface area contributed by atoms with Crippen molar-refractivity contribution in [2.75, 3.05) is 40.4 Å². The summed E-state index contributed by atoms with van der Waals surface area (Å²) in [5.41, 5.74) is 0.832. The van der Waals surface area contributed by atoms with Crippen LogP contribution in [0.3, 0.4) is 0 Å². The van der Waals surface area contributed by atoms with Gasteiger partial charge in [0.15, 0.2) is 11.5 Å². The molecule has 1 aliphatic rings. The summed E-state index contributed by atoms with van der Waals surface area (Å²) in [6.45, 7) is 5.76. The van der Waals surface area contributed by atoms with E-state index in [1.165, 1.54) is 29.2 Å². The molecule has 2 aromatic rings. The maximum Gasteiger partial charge on any atom is 0.295 e. The number of hydrogen-bond acceptors (Lipinski definition) is 6. The van der Waals surface area contributed by atoms with Gasteiger partial charge in [0.05, 0.1) is 24.8 Å². The molecule has 0 spiro atoms. The van der Waals surface area contributed by atoms with E-state index in [1.807, 2.05) is 25.9 Å². The second-order valence-corrected chi connectivity index (χ2v) is 9.00. The highest BCUT2D eigenvalue weighted by Crippen LogP contribution is 2.42. The predicted octanol–water partition coefficient (Wildman–Crippen LogP) is 4.78. The fraction of sp³-hybridized carbons (Fsp3) is 0.429. The normalized spacial score (nSPS) is 17.2. The van der Waals surface area contributed by atoms with Crippen LogP contribution in [0, 0.1) is 5.82 Å². The van der Waals surface area contributed by atoms with Crippen LogP contribution in [0.1, 0.15) is 50.3 Å². The van der Waals surface area contributed by atoms with E-state index < -0.39 is 23.5 Å². The van der Waals surface area contributed by atoms with E-state index in [-0.39, 0.29) is 23.4 Å². The predicted molar refractivity (Wildman–Crippen MR) is 137 cm³/mol. The maximum atomic E-state index is 13.5. The van der Waals surface area contributed by atoms with Crippen molar-refractivity contribution < 1.29 is 28.6 Å². The first-order valence-electron chi connectivity index (χ1n) is 12.4. The zero-order valence-electron chi connectivity index (χ0n) is 21.4. The minimum Gasteiger partial charge on any atom is -0.507 e. The molecule has 1 N–H and O–H groups in total. The number of likely N-dealkylation sites (tertiary alicyclic amines) is 1. The van der Waals surface area contributed by atoms with Crippen molar-refractivity contribution in [1.29, 1.82) is 0 Å². The fourth-order valence-corrected chi connectivity index (χ4v) is 4.14. The molecule has 1 aliphatic heterocycles. The van der Waals surface area contributed by atoms with Crippen LogP contribution in [0.5, 0.6) is 11.5 Å². The van der Waals surface area contributed by atoms with Crippen molar-refractivity contribution in [1.82, 2.24) is 9.80 Å². The largest absolute Gasteiger partial charge is 0.507 e. The molecule has 0 aromatic heterocycles. The van der Waals surface area contributed by atoms with Crippen LogP contribution in [0.15, 0.2) is 48.0 Å². The first-order valence-corrected chi connectivity index (χ1v) is 12.4. The Morgan fingerprint density at radius 2 is 1.75 bits per heavy atom. The highest BCUT2D eigenvalue weighted by Gasteiger charge is 2.46. The molecule has 2 aromatic carbocycles. The van der Waals surface area contributed by atoms with Gasteiger partial charge in [-0.1, -0.05) is 25.8 Å². The fourth-order valence-electron chi connectivity index (χ4n) is 4.14. The molecule has 0 radical (unpaired) electrons. The van der Waals surface area contributed by atoms with Crippen molar-refractivity contribution in [3.63, 3.8) is 0 Å². The van der Waals surface area contributed by atoms with Gasteiger partial charge in [-0.05, 0) is 69.4 Å². The van der Waals surface area contributed by atoms with Gasteiger partial charge in [-0.2, -0.15) is 0 Å². The molecule has 0 saturated carbocycles. The van der Waals surface area contributed by atoms with Crippen LogP contribution in [0.2, 0.25) is 0 Å². The average Bonchev–Trinajstić information content (AvgIpc) is 3.11. The second kappa shape index (κ2) is 12.5. The van der Waals surface area contributed by atoms with E-state index in [9.17, 15) is 19.1 Å². The Morgan fingerprint density at radius 1 is 1.03 bits per heavy atom. The molecule has 1 amide bonds. The first kappa shape index (κ1) is 27.2. The molecule has 1 atom stereocenters. The Balaban J connectivity index is 2.08. The number of aliphatic hydroxyl groups is 1. The number of amides is 1. The SMILES string of the molecule is CCCCCOc1ccc(C2/C(=C(\O)c3ccc(F)cc3)C(=O)C(=O)N2CCN(C)C)cc1OCC. The summed E-state index contributed by atoms with van der Waals surface area (Å²) in [7, 11) is 3.75. The van der Waals surface area contributed by atoms with Gasteiger partial charge in [0.1, 0.15) is 11.6 Å². The van der Waals surface area contributed by atoms with Crippen molar-refractivity contribution in [2.45, 2.75) is 39.2 Å². The zero-order chi connectivity index (χ0) is 26.2. The third kappa shape index (κ3) is 6.23. The number of carbonyl (C=O) groups is 2. The molecule has 1 fully saturated rings. The van der Waals surface area contributed by atoms with Gasteiger partial charge in [0.2, 0.25) is 0 Å². The van der Waals surface area contributed by atoms with Gasteiger partial charge < -0.3 is 24.4 Å². The Morgan fingerprint density at radius 3 is 2.39 bits per heavy atom. The van der Waals surface area contributed by atoms with Crippen LogP contribution in [0.25, 0.3) is 5.76 Å². The van der Waals surface area contributed by atoms with Gasteiger partial charge in [-0.3, -0.25) is 9.59 Å². The summed E-state index contributed by atoms with van der Waals surface area (Å²) in [6.07, 6.45) is 3.07. The zero-order valence-corrected chi connectivity index (χ0v) is 21.4. The highest BCUT2D eigenvalue weighted by atomic mass is 19.1. The summed E-state index contributed by atoms with van der Waals surface area (Å²) in [4.78, 5) is 29.6. The number of Topliss-reactive ketones (excluding diaryl/α,β-unsaturated/α-hetero) is 1. The number of ether oxygens (including phenoxy) is 2. The quantitative estimate of drug-likeness (QED) is 0.196. The molecule has 1 saturated heterocycles. The summed E-state index contributed by atoms with van der Waals surface area (Å²) in [6, 6.07) is 9.65. The van der Waals surface area contributed by atoms with Crippen LogP contribution in [0.4, 0.5) is 4.39 Å². The summed E-state index contributed by atoms with van der Waals surface area (Å²) < 4.78 is 25.2. The van der Waals surface area contributed by atoms with Crippen molar-refractivity contribution in [3.8, 4) is 11.5 Å². The number of benzene rings is 2. The Bertz CT molecular complexity index is 1100. The molecular weight excluding hydrogens is 463 g/mol. The van der Waals surface area contributed by atoms with E-state index in [4.69, 9.17) is 9.47 Å². The molecule has 194 valence electrons. The first-order chi connectivity index (χ1) is 17.3. The molecule has 1 heterocycles. The number of ketones is 1. The summed E-state index contributed by atoms with van der Waals surface area (Å²) >= 11 is 0. The lowest BCUT2D eigenvalue weighted by Gasteiger charge is -2.27.